The minimum absolute atomic E-state index is 0.0398. The summed E-state index contributed by atoms with van der Waals surface area (Å²) < 4.78 is 61.3. The van der Waals surface area contributed by atoms with E-state index in [9.17, 15) is 27.1 Å². The number of hydrogen-bond acceptors (Lipinski definition) is 5. The van der Waals surface area contributed by atoms with Gasteiger partial charge in [-0.25, -0.2) is 22.0 Å². The second kappa shape index (κ2) is 8.52. The highest BCUT2D eigenvalue weighted by Gasteiger charge is 2.29. The lowest BCUT2D eigenvalue weighted by Gasteiger charge is -2.16. The van der Waals surface area contributed by atoms with Crippen LogP contribution in [0.1, 0.15) is 15.9 Å². The number of carbonyl (C=O) groups excluding carboxylic acids is 1. The van der Waals surface area contributed by atoms with Crippen LogP contribution < -0.4 is 4.72 Å². The first kappa shape index (κ1) is 22.5. The van der Waals surface area contributed by atoms with E-state index in [0.29, 0.717) is 11.6 Å². The molecule has 0 saturated heterocycles. The predicted molar refractivity (Wildman–Crippen MR) is 112 cm³/mol. The van der Waals surface area contributed by atoms with E-state index < -0.39 is 49.0 Å². The lowest BCUT2D eigenvalue weighted by Crippen LogP contribution is -2.18. The first-order valence-electron chi connectivity index (χ1n) is 8.74. The van der Waals surface area contributed by atoms with Crippen molar-refractivity contribution in [2.75, 3.05) is 11.8 Å². The second-order valence-corrected chi connectivity index (χ2v) is 8.51. The van der Waals surface area contributed by atoms with Crippen molar-refractivity contribution in [1.29, 1.82) is 0 Å². The Morgan fingerprint density at radius 3 is 2.35 bits per heavy atom. The molecule has 0 aliphatic carbocycles. The maximum atomic E-state index is 14.4. The Morgan fingerprint density at radius 2 is 1.74 bits per heavy atom. The first-order chi connectivity index (χ1) is 14.6. The fourth-order valence-electron chi connectivity index (χ4n) is 3.02. The topological polar surface area (TPSA) is 92.7 Å². The number of sulfonamides is 1. The molecule has 0 unspecified atom stereocenters. The van der Waals surface area contributed by atoms with Crippen LogP contribution in [0.3, 0.4) is 0 Å². The smallest absolute Gasteiger partial charge is 0.338 e. The number of methoxy groups -OCH3 is 1. The van der Waals surface area contributed by atoms with Gasteiger partial charge in [-0.1, -0.05) is 41.9 Å². The summed E-state index contributed by atoms with van der Waals surface area (Å²) in [6.07, 6.45) is 0. The number of ether oxygens (including phenoxy) is 1. The molecule has 0 radical (unpaired) electrons. The van der Waals surface area contributed by atoms with Gasteiger partial charge in [-0.05, 0) is 30.2 Å². The van der Waals surface area contributed by atoms with E-state index in [4.69, 9.17) is 11.6 Å². The fourth-order valence-corrected chi connectivity index (χ4v) is 4.71. The van der Waals surface area contributed by atoms with Crippen LogP contribution in [0.15, 0.2) is 53.4 Å². The average Bonchev–Trinajstić information content (AvgIpc) is 2.72. The Labute approximate surface area is 182 Å². The Hall–Kier alpha value is -3.17. The molecule has 0 aliphatic heterocycles. The molecule has 6 nitrogen and oxygen atoms in total. The number of hydrogen-bond donors (Lipinski definition) is 2. The Morgan fingerprint density at radius 1 is 1.10 bits per heavy atom. The van der Waals surface area contributed by atoms with Crippen LogP contribution in [0.25, 0.3) is 11.1 Å². The van der Waals surface area contributed by atoms with E-state index in [-0.39, 0.29) is 16.7 Å². The summed E-state index contributed by atoms with van der Waals surface area (Å²) in [6, 6.07) is 10.7. The molecule has 3 rings (SSSR count). The maximum absolute atomic E-state index is 14.4. The molecule has 0 saturated carbocycles. The van der Waals surface area contributed by atoms with Gasteiger partial charge in [0, 0.05) is 11.6 Å². The van der Waals surface area contributed by atoms with Gasteiger partial charge in [-0.3, -0.25) is 4.72 Å². The van der Waals surface area contributed by atoms with Crippen LogP contribution in [0, 0.1) is 18.6 Å². The van der Waals surface area contributed by atoms with E-state index in [1.807, 2.05) is 4.72 Å². The van der Waals surface area contributed by atoms with Crippen LogP contribution in [-0.2, 0) is 14.8 Å². The minimum atomic E-state index is -4.65. The van der Waals surface area contributed by atoms with Crippen LogP contribution in [0.2, 0.25) is 5.02 Å². The largest absolute Gasteiger partial charge is 0.505 e. The number of phenols is 1. The molecule has 0 amide bonds. The number of halogens is 3. The minimum Gasteiger partial charge on any atom is -0.505 e. The third kappa shape index (κ3) is 4.33. The molecule has 31 heavy (non-hydrogen) atoms. The van der Waals surface area contributed by atoms with Gasteiger partial charge < -0.3 is 9.84 Å². The average molecular weight is 468 g/mol. The highest BCUT2D eigenvalue weighted by molar-refractivity contribution is 7.92. The van der Waals surface area contributed by atoms with Crippen LogP contribution >= 0.6 is 11.6 Å². The molecule has 0 spiro atoms. The van der Waals surface area contributed by atoms with Crippen LogP contribution in [-0.4, -0.2) is 26.6 Å². The number of carbonyl (C=O) groups is 1. The normalized spacial score (nSPS) is 11.3. The molecule has 162 valence electrons. The first-order valence-corrected chi connectivity index (χ1v) is 10.6. The van der Waals surface area contributed by atoms with Gasteiger partial charge in [0.05, 0.1) is 23.4 Å². The van der Waals surface area contributed by atoms with E-state index in [2.05, 4.69) is 4.74 Å². The summed E-state index contributed by atoms with van der Waals surface area (Å²) in [4.78, 5) is 11.2. The van der Waals surface area contributed by atoms with Crippen molar-refractivity contribution in [3.8, 4) is 16.9 Å². The highest BCUT2D eigenvalue weighted by atomic mass is 35.5. The summed E-state index contributed by atoms with van der Waals surface area (Å²) in [5, 5.41) is 9.84. The van der Waals surface area contributed by atoms with Crippen molar-refractivity contribution in [1.82, 2.24) is 0 Å². The molecule has 0 aromatic heterocycles. The van der Waals surface area contributed by atoms with E-state index in [0.717, 1.165) is 19.2 Å². The number of esters is 1. The summed E-state index contributed by atoms with van der Waals surface area (Å²) in [6.45, 7) is 1.26. The van der Waals surface area contributed by atoms with Gasteiger partial charge in [0.15, 0.2) is 5.75 Å². The summed E-state index contributed by atoms with van der Waals surface area (Å²) in [5.74, 6) is -3.77. The molecular formula is C21H16ClF2NO5S. The Balaban J connectivity index is 2.14. The third-order valence-corrected chi connectivity index (χ3v) is 6.33. The molecule has 3 aromatic rings. The monoisotopic (exact) mass is 467 g/mol. The van der Waals surface area contributed by atoms with E-state index in [1.54, 1.807) is 30.3 Å². The zero-order valence-electron chi connectivity index (χ0n) is 16.2. The molecular weight excluding hydrogens is 452 g/mol. The lowest BCUT2D eigenvalue weighted by molar-refractivity contribution is 0.0599. The number of rotatable bonds is 5. The van der Waals surface area contributed by atoms with Gasteiger partial charge in [-0.2, -0.15) is 0 Å². The summed E-state index contributed by atoms with van der Waals surface area (Å²) >= 11 is 5.88. The van der Waals surface area contributed by atoms with Crippen molar-refractivity contribution in [2.45, 2.75) is 11.8 Å². The lowest BCUT2D eigenvalue weighted by atomic mass is 10.0. The summed E-state index contributed by atoms with van der Waals surface area (Å²) in [5.41, 5.74) is -0.557. The Kier molecular flexibility index (Phi) is 6.19. The van der Waals surface area contributed by atoms with Gasteiger partial charge in [-0.15, -0.1) is 0 Å². The molecule has 10 heteroatoms. The van der Waals surface area contributed by atoms with Crippen LogP contribution in [0.4, 0.5) is 14.5 Å². The maximum Gasteiger partial charge on any atom is 0.338 e. The zero-order chi connectivity index (χ0) is 22.9. The number of benzene rings is 3. The number of aromatic hydroxyl groups is 1. The molecule has 0 atom stereocenters. The number of nitrogens with one attached hydrogen (secondary N) is 1. The van der Waals surface area contributed by atoms with Gasteiger partial charge in [0.2, 0.25) is 0 Å². The number of phenolic OH excluding ortho intramolecular Hbond substituents is 1. The van der Waals surface area contributed by atoms with E-state index in [1.165, 1.54) is 6.92 Å². The molecule has 0 bridgehead atoms. The van der Waals surface area contributed by atoms with Gasteiger partial charge in [0.1, 0.15) is 16.5 Å². The summed E-state index contributed by atoms with van der Waals surface area (Å²) in [7, 11) is -3.56. The van der Waals surface area contributed by atoms with E-state index >= 15 is 0 Å². The molecule has 2 N–H and O–H groups in total. The number of anilines is 1. The van der Waals surface area contributed by atoms with Crippen molar-refractivity contribution < 1.29 is 31.8 Å². The van der Waals surface area contributed by atoms with Crippen molar-refractivity contribution in [3.63, 3.8) is 0 Å². The molecule has 0 aliphatic rings. The molecule has 0 heterocycles. The van der Waals surface area contributed by atoms with Gasteiger partial charge >= 0.3 is 5.97 Å². The third-order valence-electron chi connectivity index (χ3n) is 4.52. The fraction of sp³-hybridized carbons (Fsp3) is 0.0952. The SMILES string of the molecule is COC(=O)c1cc(Cl)c(O)c(S(=O)(=O)Nc2cc(-c3ccccc3)c(F)cc2F)c1C. The standard InChI is InChI=1S/C21H16ClF2NO5S/c1-11-13(21(27)30-2)8-15(22)19(26)20(11)31(28,29)25-18-9-14(16(23)10-17(18)24)12-6-4-3-5-7-12/h3-10,25-26H,1-2H3. The van der Waals surface area contributed by atoms with Gasteiger partial charge in [0.25, 0.3) is 10.0 Å². The quantitative estimate of drug-likeness (QED) is 0.521. The van der Waals surface area contributed by atoms with Crippen LogP contribution in [0.5, 0.6) is 5.75 Å². The van der Waals surface area contributed by atoms with Crippen molar-refractivity contribution in [3.05, 3.63) is 76.3 Å². The zero-order valence-corrected chi connectivity index (χ0v) is 17.8. The highest BCUT2D eigenvalue weighted by Crippen LogP contribution is 2.38. The van der Waals surface area contributed by atoms with Crippen molar-refractivity contribution >= 4 is 33.3 Å². The molecule has 3 aromatic carbocycles. The predicted octanol–water partition coefficient (Wildman–Crippen LogP) is 4.89. The Bertz CT molecular complexity index is 1280. The second-order valence-electron chi connectivity index (χ2n) is 6.48. The molecule has 0 fully saturated rings. The van der Waals surface area contributed by atoms with Crippen molar-refractivity contribution in [2.24, 2.45) is 0 Å².